The van der Waals surface area contributed by atoms with E-state index in [1.807, 2.05) is 78.9 Å². The highest BCUT2D eigenvalue weighted by Crippen LogP contribution is 2.38. The summed E-state index contributed by atoms with van der Waals surface area (Å²) in [5.41, 5.74) is 3.09. The van der Waals surface area contributed by atoms with Crippen molar-refractivity contribution in [2.75, 3.05) is 11.9 Å². The lowest BCUT2D eigenvalue weighted by Crippen LogP contribution is -2.55. The van der Waals surface area contributed by atoms with E-state index in [2.05, 4.69) is 47.0 Å². The van der Waals surface area contributed by atoms with E-state index in [0.29, 0.717) is 11.4 Å². The van der Waals surface area contributed by atoms with Gasteiger partial charge in [0, 0.05) is 0 Å². The zero-order chi connectivity index (χ0) is 21.8. The van der Waals surface area contributed by atoms with E-state index in [1.54, 1.807) is 0 Å². The SMILES string of the molecule is O=C1Nc2ccccc2OCC1NC(c1ccccc1)(c1ccccc1)c1ccccc1. The molecule has 1 unspecified atom stereocenters. The summed E-state index contributed by atoms with van der Waals surface area (Å²) in [6.45, 7) is 0.219. The molecule has 0 aliphatic carbocycles. The number of para-hydroxylation sites is 2. The lowest BCUT2D eigenvalue weighted by atomic mass is 9.76. The topological polar surface area (TPSA) is 50.4 Å². The van der Waals surface area contributed by atoms with Crippen molar-refractivity contribution in [2.24, 2.45) is 0 Å². The van der Waals surface area contributed by atoms with Crippen LogP contribution in [0.3, 0.4) is 0 Å². The summed E-state index contributed by atoms with van der Waals surface area (Å²) < 4.78 is 6.04. The smallest absolute Gasteiger partial charge is 0.245 e. The second-order valence-corrected chi connectivity index (χ2v) is 7.84. The molecule has 1 atom stereocenters. The zero-order valence-electron chi connectivity index (χ0n) is 17.6. The van der Waals surface area contributed by atoms with Gasteiger partial charge < -0.3 is 10.1 Å². The summed E-state index contributed by atoms with van der Waals surface area (Å²) in [6.07, 6.45) is 0. The molecule has 5 rings (SSSR count). The molecule has 1 aliphatic heterocycles. The van der Waals surface area contributed by atoms with Crippen molar-refractivity contribution in [3.63, 3.8) is 0 Å². The minimum Gasteiger partial charge on any atom is -0.489 e. The number of benzene rings is 4. The largest absolute Gasteiger partial charge is 0.489 e. The van der Waals surface area contributed by atoms with Crippen molar-refractivity contribution in [3.05, 3.63) is 132 Å². The number of carbonyl (C=O) groups excluding carboxylic acids is 1. The van der Waals surface area contributed by atoms with Crippen LogP contribution < -0.4 is 15.4 Å². The van der Waals surface area contributed by atoms with Gasteiger partial charge in [-0.15, -0.1) is 0 Å². The number of hydrogen-bond acceptors (Lipinski definition) is 3. The number of amides is 1. The summed E-state index contributed by atoms with van der Waals surface area (Å²) >= 11 is 0. The summed E-state index contributed by atoms with van der Waals surface area (Å²) in [6, 6.07) is 37.7. The molecule has 32 heavy (non-hydrogen) atoms. The molecule has 1 heterocycles. The summed E-state index contributed by atoms with van der Waals surface area (Å²) in [4.78, 5) is 13.3. The van der Waals surface area contributed by atoms with Gasteiger partial charge in [-0.05, 0) is 28.8 Å². The minimum absolute atomic E-state index is 0.123. The van der Waals surface area contributed by atoms with Crippen LogP contribution in [-0.4, -0.2) is 18.6 Å². The second-order valence-electron chi connectivity index (χ2n) is 7.84. The van der Waals surface area contributed by atoms with Gasteiger partial charge in [0.15, 0.2) is 0 Å². The Balaban J connectivity index is 1.64. The maximum Gasteiger partial charge on any atom is 0.245 e. The van der Waals surface area contributed by atoms with Crippen molar-refractivity contribution in [1.82, 2.24) is 5.32 Å². The monoisotopic (exact) mass is 420 g/mol. The molecule has 4 heteroatoms. The Morgan fingerprint density at radius 2 is 1.16 bits per heavy atom. The van der Waals surface area contributed by atoms with Gasteiger partial charge in [-0.2, -0.15) is 0 Å². The Kier molecular flexibility index (Phi) is 5.44. The third kappa shape index (κ3) is 3.66. The number of fused-ring (bicyclic) bond motifs is 1. The highest BCUT2D eigenvalue weighted by atomic mass is 16.5. The van der Waals surface area contributed by atoms with Crippen LogP contribution in [0.25, 0.3) is 0 Å². The Bertz CT molecular complexity index is 1100. The maximum absolute atomic E-state index is 13.3. The van der Waals surface area contributed by atoms with Crippen LogP contribution in [0, 0.1) is 0 Å². The number of ether oxygens (including phenoxy) is 1. The first-order chi connectivity index (χ1) is 15.8. The van der Waals surface area contributed by atoms with Gasteiger partial charge in [-0.1, -0.05) is 103 Å². The van der Waals surface area contributed by atoms with E-state index in [9.17, 15) is 4.79 Å². The first kappa shape index (κ1) is 20.0. The van der Waals surface area contributed by atoms with Crippen molar-refractivity contribution in [3.8, 4) is 5.75 Å². The fraction of sp³-hybridized carbons (Fsp3) is 0.107. The summed E-state index contributed by atoms with van der Waals surface area (Å²) in [7, 11) is 0. The molecule has 2 N–H and O–H groups in total. The van der Waals surface area contributed by atoms with E-state index in [4.69, 9.17) is 4.74 Å². The van der Waals surface area contributed by atoms with Crippen molar-refractivity contribution < 1.29 is 9.53 Å². The quantitative estimate of drug-likeness (QED) is 0.448. The predicted octanol–water partition coefficient (Wildman–Crippen LogP) is 4.97. The van der Waals surface area contributed by atoms with Gasteiger partial charge in [0.25, 0.3) is 0 Å². The Morgan fingerprint density at radius 3 is 1.69 bits per heavy atom. The average molecular weight is 421 g/mol. The molecule has 0 spiro atoms. The van der Waals surface area contributed by atoms with Gasteiger partial charge in [0.1, 0.15) is 18.4 Å². The molecule has 4 aromatic carbocycles. The Labute approximate surface area is 187 Å². The molecule has 4 aromatic rings. The number of carbonyl (C=O) groups is 1. The predicted molar refractivity (Wildman–Crippen MR) is 127 cm³/mol. The van der Waals surface area contributed by atoms with Gasteiger partial charge >= 0.3 is 0 Å². The Hall–Kier alpha value is -3.89. The molecule has 1 aliphatic rings. The normalized spacial score (nSPS) is 15.8. The van der Waals surface area contributed by atoms with Crippen LogP contribution in [0.1, 0.15) is 16.7 Å². The molecule has 0 aromatic heterocycles. The third-order valence-electron chi connectivity index (χ3n) is 5.88. The van der Waals surface area contributed by atoms with E-state index in [0.717, 1.165) is 16.7 Å². The zero-order valence-corrected chi connectivity index (χ0v) is 17.6. The highest BCUT2D eigenvalue weighted by Gasteiger charge is 2.40. The highest BCUT2D eigenvalue weighted by molar-refractivity contribution is 5.97. The van der Waals surface area contributed by atoms with Gasteiger partial charge in [0.2, 0.25) is 5.91 Å². The van der Waals surface area contributed by atoms with Crippen molar-refractivity contribution in [1.29, 1.82) is 0 Å². The van der Waals surface area contributed by atoms with Crippen LogP contribution in [0.4, 0.5) is 5.69 Å². The third-order valence-corrected chi connectivity index (χ3v) is 5.88. The second kappa shape index (κ2) is 8.69. The Morgan fingerprint density at radius 1 is 0.688 bits per heavy atom. The van der Waals surface area contributed by atoms with Crippen molar-refractivity contribution >= 4 is 11.6 Å². The number of hydrogen-bond donors (Lipinski definition) is 2. The van der Waals surface area contributed by atoms with E-state index in [-0.39, 0.29) is 12.5 Å². The van der Waals surface area contributed by atoms with Gasteiger partial charge in [0.05, 0.1) is 11.2 Å². The standard InChI is InChI=1S/C28H24N2O2/c31-27-25(20-32-26-19-11-10-18-24(26)29-27)30-28(21-12-4-1-5-13-21,22-14-6-2-7-15-22)23-16-8-3-9-17-23/h1-19,25,30H,20H2,(H,29,31). The van der Waals surface area contributed by atoms with Crippen LogP contribution in [0.15, 0.2) is 115 Å². The fourth-order valence-corrected chi connectivity index (χ4v) is 4.35. The average Bonchev–Trinajstić information content (AvgIpc) is 3.02. The molecule has 0 fully saturated rings. The maximum atomic E-state index is 13.3. The molecule has 0 bridgehead atoms. The first-order valence-corrected chi connectivity index (χ1v) is 10.7. The lowest BCUT2D eigenvalue weighted by Gasteiger charge is -2.39. The molecule has 0 saturated carbocycles. The summed E-state index contributed by atoms with van der Waals surface area (Å²) in [5, 5.41) is 6.73. The van der Waals surface area contributed by atoms with E-state index < -0.39 is 11.6 Å². The molecule has 0 radical (unpaired) electrons. The number of rotatable bonds is 5. The van der Waals surface area contributed by atoms with Crippen LogP contribution >= 0.6 is 0 Å². The molecular formula is C28H24N2O2. The van der Waals surface area contributed by atoms with Crippen molar-refractivity contribution in [2.45, 2.75) is 11.6 Å². The summed E-state index contributed by atoms with van der Waals surface area (Å²) in [5.74, 6) is 0.553. The number of anilines is 1. The van der Waals surface area contributed by atoms with E-state index in [1.165, 1.54) is 0 Å². The molecule has 158 valence electrons. The fourth-order valence-electron chi connectivity index (χ4n) is 4.35. The molecule has 0 saturated heterocycles. The van der Waals surface area contributed by atoms with E-state index >= 15 is 0 Å². The first-order valence-electron chi connectivity index (χ1n) is 10.7. The lowest BCUT2D eigenvalue weighted by molar-refractivity contribution is -0.118. The number of nitrogens with one attached hydrogen (secondary N) is 2. The van der Waals surface area contributed by atoms with Gasteiger partial charge in [-0.25, -0.2) is 0 Å². The molecule has 1 amide bonds. The van der Waals surface area contributed by atoms with Crippen LogP contribution in [-0.2, 0) is 10.3 Å². The molecule has 4 nitrogen and oxygen atoms in total. The van der Waals surface area contributed by atoms with Crippen LogP contribution in [0.2, 0.25) is 0 Å². The molecular weight excluding hydrogens is 396 g/mol. The minimum atomic E-state index is -0.744. The van der Waals surface area contributed by atoms with Crippen LogP contribution in [0.5, 0.6) is 5.75 Å². The van der Waals surface area contributed by atoms with Gasteiger partial charge in [-0.3, -0.25) is 10.1 Å².